The summed E-state index contributed by atoms with van der Waals surface area (Å²) in [4.78, 5) is 22.7. The van der Waals surface area contributed by atoms with Crippen molar-refractivity contribution in [3.05, 3.63) is 29.3 Å². The quantitative estimate of drug-likeness (QED) is 0.616. The highest BCUT2D eigenvalue weighted by molar-refractivity contribution is 6.33. The van der Waals surface area contributed by atoms with Gasteiger partial charge >= 0.3 is 0 Å². The number of ketones is 1. The molecule has 0 aliphatic carbocycles. The van der Waals surface area contributed by atoms with Crippen LogP contribution in [0.1, 0.15) is 22.8 Å². The van der Waals surface area contributed by atoms with Gasteiger partial charge in [0.05, 0.1) is 11.8 Å². The summed E-state index contributed by atoms with van der Waals surface area (Å²) in [6.07, 6.45) is 0.340. The van der Waals surface area contributed by atoms with Crippen molar-refractivity contribution in [3.63, 3.8) is 0 Å². The summed E-state index contributed by atoms with van der Waals surface area (Å²) in [5.41, 5.74) is 2.22. The highest BCUT2D eigenvalue weighted by atomic mass is 35.5. The molecule has 3 nitrogen and oxygen atoms in total. The van der Waals surface area contributed by atoms with Gasteiger partial charge < -0.3 is 5.32 Å². The summed E-state index contributed by atoms with van der Waals surface area (Å²) in [5, 5.41) is 2.18. The minimum atomic E-state index is -0.534. The Labute approximate surface area is 92.4 Å². The van der Waals surface area contributed by atoms with Crippen LogP contribution in [-0.4, -0.2) is 17.1 Å². The number of alkyl halides is 1. The Bertz CT molecular complexity index is 440. The Kier molecular flexibility index (Phi) is 2.49. The molecule has 1 aliphatic heterocycles. The second-order valence-corrected chi connectivity index (χ2v) is 4.23. The number of carbonyl (C=O) groups excluding carboxylic acids is 2. The number of Topliss-reactive ketones (excluding diaryl/α,β-unsaturated/α-hetero) is 1. The lowest BCUT2D eigenvalue weighted by Gasteiger charge is -2.04. The number of hydrogen-bond acceptors (Lipinski definition) is 2. The molecule has 1 aromatic rings. The van der Waals surface area contributed by atoms with Crippen molar-refractivity contribution in [1.82, 2.24) is 0 Å². The van der Waals surface area contributed by atoms with Gasteiger partial charge in [0.15, 0.2) is 5.78 Å². The van der Waals surface area contributed by atoms with Crippen molar-refractivity contribution >= 4 is 29.0 Å². The Morgan fingerprint density at radius 3 is 2.93 bits per heavy atom. The number of benzene rings is 1. The SMILES string of the molecule is CC(Cl)C(=O)c1ccc2c(c1)CC(=O)N2. The third-order valence-corrected chi connectivity index (χ3v) is 2.57. The second-order valence-electron chi connectivity index (χ2n) is 3.58. The summed E-state index contributed by atoms with van der Waals surface area (Å²) < 4.78 is 0. The van der Waals surface area contributed by atoms with Crippen LogP contribution in [0.4, 0.5) is 5.69 Å². The molecule has 0 fully saturated rings. The Balaban J connectivity index is 2.35. The topological polar surface area (TPSA) is 46.2 Å². The molecule has 0 saturated heterocycles. The van der Waals surface area contributed by atoms with Gasteiger partial charge in [-0.1, -0.05) is 0 Å². The highest BCUT2D eigenvalue weighted by Crippen LogP contribution is 2.24. The van der Waals surface area contributed by atoms with Gasteiger partial charge in [-0.25, -0.2) is 0 Å². The first-order valence-corrected chi connectivity index (χ1v) is 5.12. The molecular formula is C11H10ClNO2. The lowest BCUT2D eigenvalue weighted by atomic mass is 10.0. The summed E-state index contributed by atoms with van der Waals surface area (Å²) in [6.45, 7) is 1.64. The molecule has 1 atom stereocenters. The first-order valence-electron chi connectivity index (χ1n) is 4.69. The zero-order valence-electron chi connectivity index (χ0n) is 8.21. The zero-order valence-corrected chi connectivity index (χ0v) is 8.97. The lowest BCUT2D eigenvalue weighted by Crippen LogP contribution is -2.10. The van der Waals surface area contributed by atoms with Gasteiger partial charge in [-0.3, -0.25) is 9.59 Å². The summed E-state index contributed by atoms with van der Waals surface area (Å²) in [6, 6.07) is 5.16. The van der Waals surface area contributed by atoms with Gasteiger partial charge in [0.2, 0.25) is 5.91 Å². The van der Waals surface area contributed by atoms with Gasteiger partial charge in [0.1, 0.15) is 0 Å². The molecular weight excluding hydrogens is 214 g/mol. The lowest BCUT2D eigenvalue weighted by molar-refractivity contribution is -0.115. The first kappa shape index (κ1) is 10.2. The maximum Gasteiger partial charge on any atom is 0.228 e. The maximum atomic E-state index is 11.6. The molecule has 2 rings (SSSR count). The normalized spacial score (nSPS) is 15.7. The molecule has 0 aromatic heterocycles. The van der Waals surface area contributed by atoms with Gasteiger partial charge in [-0.2, -0.15) is 0 Å². The summed E-state index contributed by atoms with van der Waals surface area (Å²) >= 11 is 5.71. The number of anilines is 1. The predicted molar refractivity (Wildman–Crippen MR) is 58.4 cm³/mol. The molecule has 0 bridgehead atoms. The van der Waals surface area contributed by atoms with Crippen LogP contribution < -0.4 is 5.32 Å². The minimum Gasteiger partial charge on any atom is -0.326 e. The molecule has 0 saturated carbocycles. The van der Waals surface area contributed by atoms with E-state index in [1.807, 2.05) is 0 Å². The van der Waals surface area contributed by atoms with Crippen LogP contribution in [-0.2, 0) is 11.2 Å². The van der Waals surface area contributed by atoms with Crippen LogP contribution in [0, 0.1) is 0 Å². The minimum absolute atomic E-state index is 0.0338. The highest BCUT2D eigenvalue weighted by Gasteiger charge is 2.20. The maximum absolute atomic E-state index is 11.6. The largest absolute Gasteiger partial charge is 0.326 e. The monoisotopic (exact) mass is 223 g/mol. The molecule has 1 heterocycles. The molecule has 0 radical (unpaired) electrons. The van der Waals surface area contributed by atoms with E-state index in [1.165, 1.54) is 0 Å². The molecule has 1 aromatic carbocycles. The number of halogens is 1. The number of amides is 1. The molecule has 15 heavy (non-hydrogen) atoms. The fourth-order valence-corrected chi connectivity index (χ4v) is 1.74. The van der Waals surface area contributed by atoms with Gasteiger partial charge in [-0.15, -0.1) is 11.6 Å². The van der Waals surface area contributed by atoms with E-state index in [9.17, 15) is 9.59 Å². The fourth-order valence-electron chi connectivity index (χ4n) is 1.61. The molecule has 1 unspecified atom stereocenters. The van der Waals surface area contributed by atoms with Gasteiger partial charge in [0.25, 0.3) is 0 Å². The van der Waals surface area contributed by atoms with Crippen LogP contribution in [0.5, 0.6) is 0 Å². The van der Waals surface area contributed by atoms with Crippen LogP contribution in [0.3, 0.4) is 0 Å². The third-order valence-electron chi connectivity index (χ3n) is 2.38. The van der Waals surface area contributed by atoms with Crippen molar-refractivity contribution in [2.75, 3.05) is 5.32 Å². The number of hydrogen-bond donors (Lipinski definition) is 1. The molecule has 1 N–H and O–H groups in total. The van der Waals surface area contributed by atoms with Crippen LogP contribution in [0.25, 0.3) is 0 Å². The van der Waals surface area contributed by atoms with E-state index in [4.69, 9.17) is 11.6 Å². The Morgan fingerprint density at radius 1 is 1.53 bits per heavy atom. The van der Waals surface area contributed by atoms with E-state index in [2.05, 4.69) is 5.32 Å². The number of carbonyl (C=O) groups is 2. The predicted octanol–water partition coefficient (Wildman–Crippen LogP) is 1.99. The second kappa shape index (κ2) is 3.66. The van der Waals surface area contributed by atoms with Crippen LogP contribution in [0.2, 0.25) is 0 Å². The summed E-state index contributed by atoms with van der Waals surface area (Å²) in [7, 11) is 0. The van der Waals surface area contributed by atoms with Crippen molar-refractivity contribution in [1.29, 1.82) is 0 Å². The Morgan fingerprint density at radius 2 is 2.27 bits per heavy atom. The van der Waals surface area contributed by atoms with Crippen molar-refractivity contribution in [2.24, 2.45) is 0 Å². The number of fused-ring (bicyclic) bond motifs is 1. The van der Waals surface area contributed by atoms with E-state index in [-0.39, 0.29) is 11.7 Å². The average molecular weight is 224 g/mol. The average Bonchev–Trinajstić information content (AvgIpc) is 2.55. The molecule has 78 valence electrons. The van der Waals surface area contributed by atoms with E-state index in [0.717, 1.165) is 11.3 Å². The number of nitrogens with one attached hydrogen (secondary N) is 1. The first-order chi connectivity index (χ1) is 7.08. The van der Waals surface area contributed by atoms with E-state index < -0.39 is 5.38 Å². The fraction of sp³-hybridized carbons (Fsp3) is 0.273. The van der Waals surface area contributed by atoms with Crippen molar-refractivity contribution < 1.29 is 9.59 Å². The standard InChI is InChI=1S/C11H10ClNO2/c1-6(12)11(15)7-2-3-9-8(4-7)5-10(14)13-9/h2-4,6H,5H2,1H3,(H,13,14). The summed E-state index contributed by atoms with van der Waals surface area (Å²) in [5.74, 6) is -0.146. The van der Waals surface area contributed by atoms with E-state index >= 15 is 0 Å². The van der Waals surface area contributed by atoms with Crippen molar-refractivity contribution in [2.45, 2.75) is 18.7 Å². The smallest absolute Gasteiger partial charge is 0.228 e. The van der Waals surface area contributed by atoms with E-state index in [1.54, 1.807) is 25.1 Å². The number of rotatable bonds is 2. The molecule has 4 heteroatoms. The van der Waals surface area contributed by atoms with Crippen molar-refractivity contribution in [3.8, 4) is 0 Å². The molecule has 1 amide bonds. The van der Waals surface area contributed by atoms with Gasteiger partial charge in [-0.05, 0) is 30.7 Å². The van der Waals surface area contributed by atoms with Gasteiger partial charge in [0, 0.05) is 11.3 Å². The molecule has 0 spiro atoms. The molecule has 1 aliphatic rings. The third kappa shape index (κ3) is 1.88. The van der Waals surface area contributed by atoms with Crippen LogP contribution in [0.15, 0.2) is 18.2 Å². The van der Waals surface area contributed by atoms with E-state index in [0.29, 0.717) is 12.0 Å². The van der Waals surface area contributed by atoms with Crippen LogP contribution >= 0.6 is 11.6 Å². The Hall–Kier alpha value is -1.35. The zero-order chi connectivity index (χ0) is 11.0.